The van der Waals surface area contributed by atoms with E-state index in [4.69, 9.17) is 4.74 Å². The minimum Gasteiger partial charge on any atom is -0.447 e. The number of carbonyl (C=O) groups is 2. The fourth-order valence-corrected chi connectivity index (χ4v) is 3.15. The second kappa shape index (κ2) is 6.99. The summed E-state index contributed by atoms with van der Waals surface area (Å²) < 4.78 is 5.16. The molecular weight excluding hydrogens is 290 g/mol. The summed E-state index contributed by atoms with van der Waals surface area (Å²) >= 11 is 0. The Labute approximate surface area is 137 Å². The van der Waals surface area contributed by atoms with Gasteiger partial charge in [-0.3, -0.25) is 4.79 Å². The molecule has 1 saturated heterocycles. The van der Waals surface area contributed by atoms with Gasteiger partial charge in [0.1, 0.15) is 6.61 Å². The van der Waals surface area contributed by atoms with Gasteiger partial charge in [0.05, 0.1) is 12.0 Å². The Morgan fingerprint density at radius 3 is 2.74 bits per heavy atom. The van der Waals surface area contributed by atoms with E-state index in [0.29, 0.717) is 12.3 Å². The second-order valence-electron chi connectivity index (χ2n) is 6.44. The van der Waals surface area contributed by atoms with Gasteiger partial charge in [0.2, 0.25) is 5.91 Å². The first kappa shape index (κ1) is 15.8. The maximum atomic E-state index is 12.9. The highest BCUT2D eigenvalue weighted by atomic mass is 16.6. The third-order valence-electron chi connectivity index (χ3n) is 4.54. The van der Waals surface area contributed by atoms with E-state index in [9.17, 15) is 9.59 Å². The van der Waals surface area contributed by atoms with E-state index in [1.807, 2.05) is 49.4 Å². The molecule has 23 heavy (non-hydrogen) atoms. The van der Waals surface area contributed by atoms with Crippen LogP contribution in [0.2, 0.25) is 0 Å². The summed E-state index contributed by atoms with van der Waals surface area (Å²) in [4.78, 5) is 26.3. The SMILES string of the molecule is C/C=C/C(CC1CC1)C(=O)N1C(=O)OC[C@@H]1Cc1ccccc1. The predicted octanol–water partition coefficient (Wildman–Crippen LogP) is 3.57. The predicted molar refractivity (Wildman–Crippen MR) is 87.8 cm³/mol. The topological polar surface area (TPSA) is 46.6 Å². The standard InChI is InChI=1S/C19H23NO3/c1-2-6-16(11-15-9-10-15)18(21)20-17(13-23-19(20)22)12-14-7-4-3-5-8-14/h2-8,15-17H,9-13H2,1H3/b6-2+/t16?,17-/m0/s1. The van der Waals surface area contributed by atoms with Crippen molar-refractivity contribution in [1.82, 2.24) is 4.90 Å². The van der Waals surface area contributed by atoms with Gasteiger partial charge < -0.3 is 4.74 Å². The molecule has 0 N–H and O–H groups in total. The molecule has 1 unspecified atom stereocenters. The van der Waals surface area contributed by atoms with E-state index in [1.165, 1.54) is 17.7 Å². The van der Waals surface area contributed by atoms with Crippen LogP contribution in [0.1, 0.15) is 31.7 Å². The normalized spacial score (nSPS) is 22.4. The van der Waals surface area contributed by atoms with Gasteiger partial charge in [-0.15, -0.1) is 0 Å². The van der Waals surface area contributed by atoms with Crippen LogP contribution >= 0.6 is 0 Å². The Hall–Kier alpha value is -2.10. The molecule has 0 radical (unpaired) electrons. The van der Waals surface area contributed by atoms with Crippen LogP contribution in [0, 0.1) is 11.8 Å². The maximum absolute atomic E-state index is 12.9. The first-order valence-corrected chi connectivity index (χ1v) is 8.35. The highest BCUT2D eigenvalue weighted by Gasteiger charge is 2.41. The van der Waals surface area contributed by atoms with Crippen LogP contribution in [0.15, 0.2) is 42.5 Å². The lowest BCUT2D eigenvalue weighted by molar-refractivity contribution is -0.132. The minimum absolute atomic E-state index is 0.113. The zero-order valence-corrected chi connectivity index (χ0v) is 13.5. The van der Waals surface area contributed by atoms with Crippen LogP contribution in [-0.4, -0.2) is 29.5 Å². The maximum Gasteiger partial charge on any atom is 0.417 e. The van der Waals surface area contributed by atoms with Crippen LogP contribution < -0.4 is 0 Å². The molecule has 1 saturated carbocycles. The third kappa shape index (κ3) is 3.81. The molecule has 1 aromatic carbocycles. The first-order valence-electron chi connectivity index (χ1n) is 8.35. The Kier molecular flexibility index (Phi) is 4.79. The number of ether oxygens (including phenoxy) is 1. The fraction of sp³-hybridized carbons (Fsp3) is 0.474. The van der Waals surface area contributed by atoms with Gasteiger partial charge in [0.15, 0.2) is 0 Å². The average Bonchev–Trinajstić information content (AvgIpc) is 3.30. The molecule has 1 aromatic rings. The molecule has 1 aliphatic carbocycles. The molecule has 0 aromatic heterocycles. The molecule has 2 atom stereocenters. The van der Waals surface area contributed by atoms with E-state index in [-0.39, 0.29) is 24.5 Å². The molecule has 1 heterocycles. The van der Waals surface area contributed by atoms with Crippen molar-refractivity contribution in [3.05, 3.63) is 48.0 Å². The molecular formula is C19H23NO3. The van der Waals surface area contributed by atoms with Crippen molar-refractivity contribution >= 4 is 12.0 Å². The Bertz CT molecular complexity index is 592. The van der Waals surface area contributed by atoms with Crippen LogP contribution in [-0.2, 0) is 16.0 Å². The quantitative estimate of drug-likeness (QED) is 0.754. The van der Waals surface area contributed by atoms with Gasteiger partial charge in [0.25, 0.3) is 0 Å². The number of hydrogen-bond donors (Lipinski definition) is 0. The lowest BCUT2D eigenvalue weighted by Crippen LogP contribution is -2.43. The van der Waals surface area contributed by atoms with Gasteiger partial charge in [-0.25, -0.2) is 9.69 Å². The van der Waals surface area contributed by atoms with Gasteiger partial charge >= 0.3 is 6.09 Å². The fourth-order valence-electron chi connectivity index (χ4n) is 3.15. The van der Waals surface area contributed by atoms with Crippen molar-refractivity contribution in [2.75, 3.05) is 6.61 Å². The monoisotopic (exact) mass is 313 g/mol. The minimum atomic E-state index is -0.499. The Morgan fingerprint density at radius 1 is 1.35 bits per heavy atom. The lowest BCUT2D eigenvalue weighted by Gasteiger charge is -2.23. The summed E-state index contributed by atoms with van der Waals surface area (Å²) in [5.41, 5.74) is 1.11. The van der Waals surface area contributed by atoms with Crippen molar-refractivity contribution in [1.29, 1.82) is 0 Å². The molecule has 0 spiro atoms. The van der Waals surface area contributed by atoms with Gasteiger partial charge in [-0.2, -0.15) is 0 Å². The van der Waals surface area contributed by atoms with E-state index < -0.39 is 6.09 Å². The number of cyclic esters (lactones) is 1. The van der Waals surface area contributed by atoms with Gasteiger partial charge in [-0.1, -0.05) is 55.3 Å². The number of imide groups is 1. The van der Waals surface area contributed by atoms with Crippen molar-refractivity contribution in [3.8, 4) is 0 Å². The molecule has 122 valence electrons. The summed E-state index contributed by atoms with van der Waals surface area (Å²) in [5.74, 6) is 0.307. The lowest BCUT2D eigenvalue weighted by atomic mass is 9.98. The smallest absolute Gasteiger partial charge is 0.417 e. The molecule has 2 fully saturated rings. The highest BCUT2D eigenvalue weighted by Crippen LogP contribution is 2.36. The Balaban J connectivity index is 1.73. The number of amides is 2. The van der Waals surface area contributed by atoms with Gasteiger partial charge in [-0.05, 0) is 31.2 Å². The second-order valence-corrected chi connectivity index (χ2v) is 6.44. The van der Waals surface area contributed by atoms with Crippen LogP contribution in [0.3, 0.4) is 0 Å². The highest BCUT2D eigenvalue weighted by molar-refractivity contribution is 5.95. The summed E-state index contributed by atoms with van der Waals surface area (Å²) in [5, 5.41) is 0. The summed E-state index contributed by atoms with van der Waals surface area (Å²) in [7, 11) is 0. The molecule has 2 aliphatic rings. The molecule has 3 rings (SSSR count). The van der Waals surface area contributed by atoms with E-state index in [0.717, 1.165) is 12.0 Å². The molecule has 2 amide bonds. The number of nitrogens with zero attached hydrogens (tertiary/aromatic N) is 1. The molecule has 4 nitrogen and oxygen atoms in total. The number of allylic oxidation sites excluding steroid dienone is 1. The van der Waals surface area contributed by atoms with Crippen molar-refractivity contribution in [3.63, 3.8) is 0 Å². The van der Waals surface area contributed by atoms with Crippen molar-refractivity contribution in [2.45, 2.75) is 38.6 Å². The molecule has 0 bridgehead atoms. The number of carbonyl (C=O) groups excluding carboxylic acids is 2. The zero-order valence-electron chi connectivity index (χ0n) is 13.5. The van der Waals surface area contributed by atoms with Gasteiger partial charge in [0, 0.05) is 0 Å². The molecule has 4 heteroatoms. The van der Waals surface area contributed by atoms with Crippen molar-refractivity contribution in [2.24, 2.45) is 11.8 Å². The summed E-state index contributed by atoms with van der Waals surface area (Å²) in [6.07, 6.45) is 7.19. The third-order valence-corrected chi connectivity index (χ3v) is 4.54. The van der Waals surface area contributed by atoms with Crippen LogP contribution in [0.5, 0.6) is 0 Å². The van der Waals surface area contributed by atoms with E-state index in [1.54, 1.807) is 0 Å². The zero-order chi connectivity index (χ0) is 16.2. The summed E-state index contributed by atoms with van der Waals surface area (Å²) in [6, 6.07) is 9.71. The number of rotatable bonds is 6. The summed E-state index contributed by atoms with van der Waals surface area (Å²) in [6.45, 7) is 2.20. The number of benzene rings is 1. The van der Waals surface area contributed by atoms with E-state index >= 15 is 0 Å². The first-order chi connectivity index (χ1) is 11.2. The van der Waals surface area contributed by atoms with Crippen LogP contribution in [0.4, 0.5) is 4.79 Å². The van der Waals surface area contributed by atoms with E-state index in [2.05, 4.69) is 0 Å². The average molecular weight is 313 g/mol. The molecule has 1 aliphatic heterocycles. The Morgan fingerprint density at radius 2 is 2.09 bits per heavy atom. The van der Waals surface area contributed by atoms with Crippen LogP contribution in [0.25, 0.3) is 0 Å². The number of hydrogen-bond acceptors (Lipinski definition) is 3. The van der Waals surface area contributed by atoms with Crippen molar-refractivity contribution < 1.29 is 14.3 Å². The largest absolute Gasteiger partial charge is 0.447 e.